The summed E-state index contributed by atoms with van der Waals surface area (Å²) in [6.45, 7) is 3.36. The van der Waals surface area contributed by atoms with Crippen LogP contribution < -0.4 is 11.1 Å². The summed E-state index contributed by atoms with van der Waals surface area (Å²) in [7, 11) is 0. The van der Waals surface area contributed by atoms with Crippen molar-refractivity contribution in [3.63, 3.8) is 0 Å². The minimum atomic E-state index is -0.0608. The van der Waals surface area contributed by atoms with Crippen LogP contribution in [-0.4, -0.2) is 42.4 Å². The van der Waals surface area contributed by atoms with Crippen LogP contribution in [0.1, 0.15) is 26.2 Å². The first-order chi connectivity index (χ1) is 7.13. The highest BCUT2D eigenvalue weighted by Gasteiger charge is 2.23. The summed E-state index contributed by atoms with van der Waals surface area (Å²) < 4.78 is 0. The van der Waals surface area contributed by atoms with Crippen molar-refractivity contribution in [2.45, 2.75) is 32.2 Å². The van der Waals surface area contributed by atoms with Gasteiger partial charge in [-0.3, -0.25) is 9.59 Å². The summed E-state index contributed by atoms with van der Waals surface area (Å²) in [5.74, 6) is -0.0956. The van der Waals surface area contributed by atoms with E-state index in [2.05, 4.69) is 5.32 Å². The number of carbonyl (C=O) groups excluding carboxylic acids is 2. The Labute approximate surface area is 102 Å². The van der Waals surface area contributed by atoms with E-state index in [4.69, 9.17) is 5.73 Å². The molecule has 16 heavy (non-hydrogen) atoms. The smallest absolute Gasteiger partial charge is 0.242 e. The van der Waals surface area contributed by atoms with Crippen LogP contribution in [0.3, 0.4) is 0 Å². The lowest BCUT2D eigenvalue weighted by Gasteiger charge is -2.15. The fourth-order valence-corrected chi connectivity index (χ4v) is 1.62. The van der Waals surface area contributed by atoms with Gasteiger partial charge in [0.2, 0.25) is 11.8 Å². The van der Waals surface area contributed by atoms with Gasteiger partial charge in [0.05, 0.1) is 6.54 Å². The third-order valence-corrected chi connectivity index (χ3v) is 2.49. The Kier molecular flexibility index (Phi) is 7.08. The van der Waals surface area contributed by atoms with E-state index in [-0.39, 0.29) is 36.8 Å². The molecule has 0 saturated carbocycles. The fourth-order valence-electron chi connectivity index (χ4n) is 1.62. The molecule has 0 aliphatic carbocycles. The van der Waals surface area contributed by atoms with Crippen molar-refractivity contribution in [1.29, 1.82) is 0 Å². The van der Waals surface area contributed by atoms with E-state index in [1.54, 1.807) is 4.90 Å². The van der Waals surface area contributed by atoms with Crippen molar-refractivity contribution >= 4 is 24.2 Å². The number of carbonyl (C=O) groups is 2. The van der Waals surface area contributed by atoms with Crippen molar-refractivity contribution in [2.24, 2.45) is 5.73 Å². The topological polar surface area (TPSA) is 75.4 Å². The fraction of sp³-hybridized carbons (Fsp3) is 0.800. The largest absolute Gasteiger partial charge is 0.347 e. The average Bonchev–Trinajstić information content (AvgIpc) is 2.62. The Morgan fingerprint density at radius 3 is 2.69 bits per heavy atom. The number of rotatable bonds is 4. The Morgan fingerprint density at radius 1 is 1.50 bits per heavy atom. The van der Waals surface area contributed by atoms with Crippen molar-refractivity contribution in [3.05, 3.63) is 0 Å². The van der Waals surface area contributed by atoms with Gasteiger partial charge in [0, 0.05) is 25.6 Å². The second kappa shape index (κ2) is 7.46. The highest BCUT2D eigenvalue weighted by Crippen LogP contribution is 2.06. The highest BCUT2D eigenvalue weighted by molar-refractivity contribution is 5.85. The SMILES string of the molecule is CCCC(=O)NCC(=O)N1CC[C@@H](N)C1.Cl. The molecule has 0 radical (unpaired) electrons. The molecule has 1 atom stereocenters. The minimum Gasteiger partial charge on any atom is -0.347 e. The number of hydrogen-bond donors (Lipinski definition) is 2. The first-order valence-corrected chi connectivity index (χ1v) is 5.43. The van der Waals surface area contributed by atoms with Crippen LogP contribution in [0.5, 0.6) is 0 Å². The molecule has 94 valence electrons. The Bertz CT molecular complexity index is 248. The third-order valence-electron chi connectivity index (χ3n) is 2.49. The number of halogens is 1. The maximum atomic E-state index is 11.6. The summed E-state index contributed by atoms with van der Waals surface area (Å²) in [6.07, 6.45) is 2.13. The summed E-state index contributed by atoms with van der Waals surface area (Å²) in [6, 6.07) is 0.0975. The number of likely N-dealkylation sites (tertiary alicyclic amines) is 1. The second-order valence-corrected chi connectivity index (χ2v) is 3.92. The van der Waals surface area contributed by atoms with Gasteiger partial charge in [0.1, 0.15) is 0 Å². The van der Waals surface area contributed by atoms with Gasteiger partial charge in [0.15, 0.2) is 0 Å². The maximum Gasteiger partial charge on any atom is 0.242 e. The van der Waals surface area contributed by atoms with Gasteiger partial charge in [-0.1, -0.05) is 6.92 Å². The maximum absolute atomic E-state index is 11.6. The van der Waals surface area contributed by atoms with Gasteiger partial charge in [-0.05, 0) is 12.8 Å². The van der Waals surface area contributed by atoms with Gasteiger partial charge in [-0.15, -0.1) is 12.4 Å². The summed E-state index contributed by atoms with van der Waals surface area (Å²) in [5, 5.41) is 2.60. The van der Waals surface area contributed by atoms with E-state index in [1.165, 1.54) is 0 Å². The minimum absolute atomic E-state index is 0. The number of amides is 2. The zero-order chi connectivity index (χ0) is 11.3. The lowest BCUT2D eigenvalue weighted by Crippen LogP contribution is -2.40. The van der Waals surface area contributed by atoms with E-state index in [0.717, 1.165) is 12.8 Å². The highest BCUT2D eigenvalue weighted by atomic mass is 35.5. The lowest BCUT2D eigenvalue weighted by molar-refractivity contribution is -0.132. The molecule has 0 spiro atoms. The molecule has 2 amide bonds. The average molecular weight is 250 g/mol. The summed E-state index contributed by atoms with van der Waals surface area (Å²) in [5.41, 5.74) is 5.69. The van der Waals surface area contributed by atoms with E-state index in [9.17, 15) is 9.59 Å². The lowest BCUT2D eigenvalue weighted by atomic mass is 10.3. The first-order valence-electron chi connectivity index (χ1n) is 5.43. The van der Waals surface area contributed by atoms with E-state index in [1.807, 2.05) is 6.92 Å². The second-order valence-electron chi connectivity index (χ2n) is 3.92. The van der Waals surface area contributed by atoms with Crippen LogP contribution in [0.4, 0.5) is 0 Å². The summed E-state index contributed by atoms with van der Waals surface area (Å²) >= 11 is 0. The number of nitrogens with one attached hydrogen (secondary N) is 1. The molecule has 0 bridgehead atoms. The molecule has 3 N–H and O–H groups in total. The molecule has 1 aliphatic rings. The van der Waals surface area contributed by atoms with E-state index >= 15 is 0 Å². The molecule has 1 saturated heterocycles. The van der Waals surface area contributed by atoms with Crippen molar-refractivity contribution in [3.8, 4) is 0 Å². The molecular weight excluding hydrogens is 230 g/mol. The van der Waals surface area contributed by atoms with Crippen molar-refractivity contribution in [1.82, 2.24) is 10.2 Å². The standard InChI is InChI=1S/C10H19N3O2.ClH/c1-2-3-9(14)12-6-10(15)13-5-4-8(11)7-13;/h8H,2-7,11H2,1H3,(H,12,14);1H/t8-;/m1./s1. The van der Waals surface area contributed by atoms with E-state index in [0.29, 0.717) is 19.5 Å². The van der Waals surface area contributed by atoms with Crippen LogP contribution in [0, 0.1) is 0 Å². The van der Waals surface area contributed by atoms with Crippen LogP contribution in [0.2, 0.25) is 0 Å². The Morgan fingerprint density at radius 2 is 2.19 bits per heavy atom. The molecule has 1 aliphatic heterocycles. The Hall–Kier alpha value is -0.810. The van der Waals surface area contributed by atoms with Crippen LogP contribution in [0.25, 0.3) is 0 Å². The molecule has 5 nitrogen and oxygen atoms in total. The van der Waals surface area contributed by atoms with Gasteiger partial charge < -0.3 is 16.0 Å². The normalized spacial score (nSPS) is 19.1. The van der Waals surface area contributed by atoms with Gasteiger partial charge in [-0.2, -0.15) is 0 Å². The first kappa shape index (κ1) is 15.2. The van der Waals surface area contributed by atoms with Crippen LogP contribution >= 0.6 is 12.4 Å². The number of nitrogens with two attached hydrogens (primary N) is 1. The molecule has 0 aromatic rings. The molecule has 1 rings (SSSR count). The number of hydrogen-bond acceptors (Lipinski definition) is 3. The van der Waals surface area contributed by atoms with Gasteiger partial charge >= 0.3 is 0 Å². The molecule has 0 aromatic carbocycles. The molecular formula is C10H20ClN3O2. The van der Waals surface area contributed by atoms with Gasteiger partial charge in [0.25, 0.3) is 0 Å². The van der Waals surface area contributed by atoms with Crippen molar-refractivity contribution < 1.29 is 9.59 Å². The molecule has 6 heteroatoms. The molecule has 1 fully saturated rings. The number of nitrogens with zero attached hydrogens (tertiary/aromatic N) is 1. The van der Waals surface area contributed by atoms with Crippen LogP contribution in [0.15, 0.2) is 0 Å². The third kappa shape index (κ3) is 4.81. The summed E-state index contributed by atoms with van der Waals surface area (Å²) in [4.78, 5) is 24.4. The van der Waals surface area contributed by atoms with Gasteiger partial charge in [-0.25, -0.2) is 0 Å². The Balaban J connectivity index is 0.00000225. The predicted octanol–water partition coefficient (Wildman–Crippen LogP) is -0.116. The monoisotopic (exact) mass is 249 g/mol. The molecule has 1 heterocycles. The van der Waals surface area contributed by atoms with Crippen molar-refractivity contribution in [2.75, 3.05) is 19.6 Å². The predicted molar refractivity (Wildman–Crippen MR) is 64.3 cm³/mol. The quantitative estimate of drug-likeness (QED) is 0.730. The zero-order valence-corrected chi connectivity index (χ0v) is 10.4. The zero-order valence-electron chi connectivity index (χ0n) is 9.57. The van der Waals surface area contributed by atoms with Crippen LogP contribution in [-0.2, 0) is 9.59 Å². The molecule has 0 aromatic heterocycles. The van der Waals surface area contributed by atoms with E-state index < -0.39 is 0 Å². The molecule has 0 unspecified atom stereocenters.